The lowest BCUT2D eigenvalue weighted by atomic mass is 9.96. The van der Waals surface area contributed by atoms with Gasteiger partial charge in [-0.05, 0) is 122 Å². The van der Waals surface area contributed by atoms with E-state index in [0.29, 0.717) is 12.8 Å². The fourth-order valence-corrected chi connectivity index (χ4v) is 6.84. The van der Waals surface area contributed by atoms with Crippen molar-refractivity contribution in [1.29, 1.82) is 5.26 Å². The second kappa shape index (κ2) is 14.3. The van der Waals surface area contributed by atoms with E-state index in [1.165, 1.54) is 20.3 Å². The number of hydrogen-bond acceptors (Lipinski definition) is 7. The molecule has 0 spiro atoms. The average molecular weight is 646 g/mol. The van der Waals surface area contributed by atoms with Gasteiger partial charge in [0.25, 0.3) is 0 Å². The van der Waals surface area contributed by atoms with Crippen LogP contribution in [0.2, 0.25) is 0 Å². The summed E-state index contributed by atoms with van der Waals surface area (Å²) in [6, 6.07) is 8.37. The fourth-order valence-electron chi connectivity index (χ4n) is 6.84. The molecule has 0 radical (unpaired) electrons. The van der Waals surface area contributed by atoms with Crippen molar-refractivity contribution in [2.24, 2.45) is 0 Å². The quantitative estimate of drug-likeness (QED) is 0.176. The Morgan fingerprint density at radius 1 is 0.750 bits per heavy atom. The monoisotopic (exact) mass is 645 g/mol. The normalized spacial score (nSPS) is 13.0. The standard InChI is InChI=1S/C39H43N5O4/c1-9-25-24(6)38-29(12-11-17-40)39-26(10-2)21(3)32(43-39)18-30-22(4)27(13-15-36(45)47-7)34(41-30)20-35-28(14-16-37(46)48-8)23(5)31(42-35)19-33(25)44-38/h11-12,18-20,41-42H,9-10,13-16H2,1-8H3/b12-11+,30-18?,31-19?,32-18?,33-19?,34-20?,35-20?,38-29?,39-29?. The Hall–Kier alpha value is -5.23. The van der Waals surface area contributed by atoms with Crippen molar-refractivity contribution in [2.45, 2.75) is 80.1 Å². The molecular formula is C39H43N5O4. The Kier molecular flexibility index (Phi) is 10.1. The maximum atomic E-state index is 12.3. The van der Waals surface area contributed by atoms with Crippen LogP contribution in [-0.4, -0.2) is 46.1 Å². The zero-order chi connectivity index (χ0) is 34.7. The summed E-state index contributed by atoms with van der Waals surface area (Å²) in [6.07, 6.45) is 6.29. The van der Waals surface area contributed by atoms with Gasteiger partial charge in [0.05, 0.1) is 43.1 Å². The third-order valence-corrected chi connectivity index (χ3v) is 9.61. The van der Waals surface area contributed by atoms with E-state index in [-0.39, 0.29) is 24.8 Å². The molecule has 0 aliphatic carbocycles. The number of H-pyrrole nitrogens is 2. The van der Waals surface area contributed by atoms with Gasteiger partial charge in [0, 0.05) is 46.5 Å². The SMILES string of the molecule is CCC1=C(C)c2nc1cc1[nH]c(cc3[nH]c(cc4nc(c2/C=C/C#N)C(CC)=C4C)c(C)c3CCC(=O)OC)c(CCC(=O)OC)c1C. The number of aryl methyl sites for hydroxylation is 4. The maximum absolute atomic E-state index is 12.3. The van der Waals surface area contributed by atoms with Crippen molar-refractivity contribution in [3.8, 4) is 6.07 Å². The van der Waals surface area contributed by atoms with E-state index in [4.69, 9.17) is 19.4 Å². The van der Waals surface area contributed by atoms with Gasteiger partial charge in [-0.1, -0.05) is 13.8 Å². The van der Waals surface area contributed by atoms with Crippen LogP contribution in [0.4, 0.5) is 0 Å². The molecule has 0 unspecified atom stereocenters. The molecule has 9 nitrogen and oxygen atoms in total. The number of esters is 2. The van der Waals surface area contributed by atoms with E-state index in [0.717, 1.165) is 108 Å². The minimum absolute atomic E-state index is 0.235. The summed E-state index contributed by atoms with van der Waals surface area (Å²) in [5.74, 6) is -0.556. The summed E-state index contributed by atoms with van der Waals surface area (Å²) in [7, 11) is 2.80. The van der Waals surface area contributed by atoms with Gasteiger partial charge in [0.1, 0.15) is 0 Å². The van der Waals surface area contributed by atoms with E-state index < -0.39 is 0 Å². The van der Waals surface area contributed by atoms with Gasteiger partial charge >= 0.3 is 11.9 Å². The molecule has 0 fully saturated rings. The number of hydrogen-bond donors (Lipinski definition) is 2. The minimum Gasteiger partial charge on any atom is -0.469 e. The van der Waals surface area contributed by atoms with Crippen LogP contribution in [0.25, 0.3) is 50.4 Å². The van der Waals surface area contributed by atoms with Crippen molar-refractivity contribution >= 4 is 62.4 Å². The Labute approximate surface area is 281 Å². The number of nitrogens with one attached hydrogen (secondary N) is 2. The number of aromatic nitrogens is 4. The first-order valence-electron chi connectivity index (χ1n) is 16.4. The number of carbonyl (C=O) groups excluding carboxylic acids is 2. The topological polar surface area (TPSA) is 134 Å². The first-order chi connectivity index (χ1) is 23.1. The summed E-state index contributed by atoms with van der Waals surface area (Å²) < 4.78 is 9.95. The molecule has 2 aliphatic rings. The molecule has 9 heteroatoms. The van der Waals surface area contributed by atoms with Gasteiger partial charge in [0.15, 0.2) is 0 Å². The van der Waals surface area contributed by atoms with Crippen molar-refractivity contribution in [2.75, 3.05) is 14.2 Å². The summed E-state index contributed by atoms with van der Waals surface area (Å²) >= 11 is 0. The van der Waals surface area contributed by atoms with Crippen LogP contribution in [0.3, 0.4) is 0 Å². The lowest BCUT2D eigenvalue weighted by Crippen LogP contribution is -2.02. The molecule has 2 aliphatic heterocycles. The fraction of sp³-hybridized carbons (Fsp3) is 0.359. The van der Waals surface area contributed by atoms with Crippen LogP contribution >= 0.6 is 0 Å². The Bertz CT molecular complexity index is 2120. The van der Waals surface area contributed by atoms with E-state index in [1.54, 1.807) is 0 Å². The van der Waals surface area contributed by atoms with Crippen molar-refractivity contribution in [3.05, 3.63) is 74.9 Å². The molecule has 0 atom stereocenters. The highest BCUT2D eigenvalue weighted by molar-refractivity contribution is 5.99. The van der Waals surface area contributed by atoms with Crippen LogP contribution in [0.15, 0.2) is 24.3 Å². The van der Waals surface area contributed by atoms with Gasteiger partial charge in [-0.25, -0.2) is 9.97 Å². The molecule has 48 heavy (non-hydrogen) atoms. The molecular weight excluding hydrogens is 602 g/mol. The zero-order valence-corrected chi connectivity index (χ0v) is 29.1. The Morgan fingerprint density at radius 3 is 1.77 bits per heavy atom. The maximum Gasteiger partial charge on any atom is 0.305 e. The van der Waals surface area contributed by atoms with Gasteiger partial charge in [-0.3, -0.25) is 9.59 Å². The number of carbonyl (C=O) groups is 2. The predicted molar refractivity (Wildman–Crippen MR) is 191 cm³/mol. The number of methoxy groups -OCH3 is 2. The first kappa shape index (κ1) is 34.1. The van der Waals surface area contributed by atoms with E-state index in [9.17, 15) is 14.9 Å². The highest BCUT2D eigenvalue weighted by Crippen LogP contribution is 2.40. The van der Waals surface area contributed by atoms with Crippen LogP contribution in [0.1, 0.15) is 104 Å². The number of ether oxygens (including phenoxy) is 2. The zero-order valence-electron chi connectivity index (χ0n) is 29.1. The van der Waals surface area contributed by atoms with Gasteiger partial charge < -0.3 is 19.4 Å². The number of fused-ring (bicyclic) bond motifs is 8. The molecule has 0 aromatic carbocycles. The molecule has 5 rings (SSSR count). The molecule has 8 bridgehead atoms. The number of aromatic amines is 2. The first-order valence-corrected chi connectivity index (χ1v) is 16.4. The molecule has 0 amide bonds. The molecule has 0 saturated heterocycles. The lowest BCUT2D eigenvalue weighted by Gasteiger charge is -2.06. The number of rotatable bonds is 9. The third-order valence-electron chi connectivity index (χ3n) is 9.61. The van der Waals surface area contributed by atoms with Crippen molar-refractivity contribution in [3.63, 3.8) is 0 Å². The van der Waals surface area contributed by atoms with Crippen molar-refractivity contribution < 1.29 is 19.1 Å². The molecule has 3 aromatic heterocycles. The molecule has 248 valence electrons. The number of nitriles is 1. The van der Waals surface area contributed by atoms with Gasteiger partial charge in [-0.2, -0.15) is 5.26 Å². The Morgan fingerprint density at radius 2 is 1.27 bits per heavy atom. The van der Waals surface area contributed by atoms with Crippen LogP contribution in [0, 0.1) is 25.2 Å². The summed E-state index contributed by atoms with van der Waals surface area (Å²) in [5, 5.41) is 9.57. The largest absolute Gasteiger partial charge is 0.469 e. The number of allylic oxidation sites excluding steroid dienone is 5. The Balaban J connectivity index is 1.99. The summed E-state index contributed by atoms with van der Waals surface area (Å²) in [4.78, 5) is 42.2. The van der Waals surface area contributed by atoms with Crippen LogP contribution in [0.5, 0.6) is 0 Å². The lowest BCUT2D eigenvalue weighted by molar-refractivity contribution is -0.141. The smallest absolute Gasteiger partial charge is 0.305 e. The molecule has 0 saturated carbocycles. The third kappa shape index (κ3) is 6.35. The summed E-state index contributed by atoms with van der Waals surface area (Å²) in [5.41, 5.74) is 16.0. The second-order valence-electron chi connectivity index (χ2n) is 12.2. The number of nitrogens with zero attached hydrogens (tertiary/aromatic N) is 3. The minimum atomic E-state index is -0.278. The van der Waals surface area contributed by atoms with Gasteiger partial charge in [0.2, 0.25) is 0 Å². The van der Waals surface area contributed by atoms with Crippen LogP contribution in [-0.2, 0) is 31.9 Å². The predicted octanol–water partition coefficient (Wildman–Crippen LogP) is 8.36. The van der Waals surface area contributed by atoms with Crippen LogP contribution < -0.4 is 0 Å². The summed E-state index contributed by atoms with van der Waals surface area (Å²) in [6.45, 7) is 12.5. The highest BCUT2D eigenvalue weighted by Gasteiger charge is 2.24. The highest BCUT2D eigenvalue weighted by atomic mass is 16.5. The van der Waals surface area contributed by atoms with E-state index in [1.807, 2.05) is 6.08 Å². The van der Waals surface area contributed by atoms with E-state index >= 15 is 0 Å². The van der Waals surface area contributed by atoms with Gasteiger partial charge in [-0.15, -0.1) is 0 Å². The van der Waals surface area contributed by atoms with E-state index in [2.05, 4.69) is 75.8 Å². The molecule has 5 heterocycles. The average Bonchev–Trinajstić information content (AvgIpc) is 3.75. The molecule has 2 N–H and O–H groups in total. The molecule has 3 aromatic rings. The second-order valence-corrected chi connectivity index (χ2v) is 12.2. The van der Waals surface area contributed by atoms with Crippen molar-refractivity contribution in [1.82, 2.24) is 19.9 Å².